The second-order valence-electron chi connectivity index (χ2n) is 5.50. The first-order valence-corrected chi connectivity index (χ1v) is 9.26. The van der Waals surface area contributed by atoms with Gasteiger partial charge in [-0.15, -0.1) is 0 Å². The van der Waals surface area contributed by atoms with E-state index in [-0.39, 0.29) is 22.7 Å². The Morgan fingerprint density at radius 1 is 1.18 bits per heavy atom. The molecular weight excluding hydrogens is 386 g/mol. The van der Waals surface area contributed by atoms with Crippen LogP contribution in [0.4, 0.5) is 11.4 Å². The standard InChI is InChI=1S/C17H15N5O5S/c18-9-13(17(23)21-14-3-5-15(6-4-14)22(24)25)11-20-10-12-1-7-16(8-2-12)28(19,26)27/h1-8,11,20H,10H2,(H,21,23)(H2,19,26,27)/b13-11-. The number of nitrogens with zero attached hydrogens (tertiary/aromatic N) is 2. The smallest absolute Gasteiger partial charge is 0.269 e. The average molecular weight is 401 g/mol. The second-order valence-corrected chi connectivity index (χ2v) is 7.06. The zero-order valence-electron chi connectivity index (χ0n) is 14.3. The zero-order chi connectivity index (χ0) is 20.7. The molecule has 0 aliphatic rings. The molecule has 28 heavy (non-hydrogen) atoms. The molecule has 0 aliphatic carbocycles. The number of primary sulfonamides is 1. The maximum atomic E-state index is 12.1. The number of sulfonamides is 1. The van der Waals surface area contributed by atoms with Gasteiger partial charge in [0.2, 0.25) is 10.0 Å². The van der Waals surface area contributed by atoms with Crippen LogP contribution in [-0.2, 0) is 21.4 Å². The van der Waals surface area contributed by atoms with Crippen molar-refractivity contribution in [1.29, 1.82) is 5.26 Å². The van der Waals surface area contributed by atoms with Crippen LogP contribution in [-0.4, -0.2) is 19.2 Å². The molecule has 11 heteroatoms. The summed E-state index contributed by atoms with van der Waals surface area (Å²) in [6.45, 7) is 0.237. The highest BCUT2D eigenvalue weighted by atomic mass is 32.2. The Bertz CT molecular complexity index is 1050. The third-order valence-corrected chi connectivity index (χ3v) is 4.43. The minimum absolute atomic E-state index is 0.0213. The lowest BCUT2D eigenvalue weighted by atomic mass is 10.2. The van der Waals surface area contributed by atoms with Gasteiger partial charge in [0.15, 0.2) is 0 Å². The molecule has 2 aromatic carbocycles. The normalized spacial score (nSPS) is 11.4. The molecule has 0 unspecified atom stereocenters. The molecule has 0 fully saturated rings. The number of nitriles is 1. The molecule has 0 bridgehead atoms. The lowest BCUT2D eigenvalue weighted by Gasteiger charge is -2.06. The van der Waals surface area contributed by atoms with Crippen molar-refractivity contribution in [2.24, 2.45) is 5.14 Å². The highest BCUT2D eigenvalue weighted by Crippen LogP contribution is 2.16. The summed E-state index contributed by atoms with van der Waals surface area (Å²) in [7, 11) is -3.77. The van der Waals surface area contributed by atoms with Crippen LogP contribution in [0.2, 0.25) is 0 Å². The summed E-state index contributed by atoms with van der Waals surface area (Å²) in [6.07, 6.45) is 1.22. The first-order valence-electron chi connectivity index (χ1n) is 7.72. The monoisotopic (exact) mass is 401 g/mol. The third kappa shape index (κ3) is 5.63. The molecule has 0 saturated carbocycles. The number of carbonyl (C=O) groups is 1. The van der Waals surface area contributed by atoms with Gasteiger partial charge < -0.3 is 10.6 Å². The van der Waals surface area contributed by atoms with Gasteiger partial charge >= 0.3 is 0 Å². The Hall–Kier alpha value is -3.75. The fourth-order valence-electron chi connectivity index (χ4n) is 2.08. The van der Waals surface area contributed by atoms with Crippen molar-refractivity contribution in [2.45, 2.75) is 11.4 Å². The Kier molecular flexibility index (Phi) is 6.43. The lowest BCUT2D eigenvalue weighted by Crippen LogP contribution is -2.16. The number of benzene rings is 2. The van der Waals surface area contributed by atoms with Crippen molar-refractivity contribution in [1.82, 2.24) is 5.32 Å². The number of rotatable bonds is 7. The number of hydrogen-bond donors (Lipinski definition) is 3. The molecule has 0 heterocycles. The van der Waals surface area contributed by atoms with Crippen LogP contribution in [0.1, 0.15) is 5.56 Å². The highest BCUT2D eigenvalue weighted by Gasteiger charge is 2.11. The van der Waals surface area contributed by atoms with Gasteiger partial charge in [0.1, 0.15) is 11.6 Å². The van der Waals surface area contributed by atoms with Crippen LogP contribution >= 0.6 is 0 Å². The van der Waals surface area contributed by atoms with Crippen molar-refractivity contribution in [2.75, 3.05) is 5.32 Å². The van der Waals surface area contributed by atoms with E-state index in [2.05, 4.69) is 10.6 Å². The summed E-state index contributed by atoms with van der Waals surface area (Å²) in [6, 6.07) is 12.7. The Morgan fingerprint density at radius 3 is 2.29 bits per heavy atom. The largest absolute Gasteiger partial charge is 0.386 e. The molecule has 10 nitrogen and oxygen atoms in total. The van der Waals surface area contributed by atoms with E-state index >= 15 is 0 Å². The van der Waals surface area contributed by atoms with Gasteiger partial charge in [0, 0.05) is 30.6 Å². The van der Waals surface area contributed by atoms with Gasteiger partial charge in [-0.2, -0.15) is 5.26 Å². The van der Waals surface area contributed by atoms with Crippen LogP contribution < -0.4 is 15.8 Å². The molecule has 0 atom stereocenters. The first kappa shape index (κ1) is 20.6. The van der Waals surface area contributed by atoms with E-state index < -0.39 is 20.9 Å². The van der Waals surface area contributed by atoms with E-state index in [1.807, 2.05) is 0 Å². The molecule has 4 N–H and O–H groups in total. The summed E-state index contributed by atoms with van der Waals surface area (Å²) in [5.41, 5.74) is 0.677. The number of amides is 1. The molecule has 1 amide bonds. The summed E-state index contributed by atoms with van der Waals surface area (Å²) in [5.74, 6) is -0.687. The van der Waals surface area contributed by atoms with E-state index in [4.69, 9.17) is 10.4 Å². The Balaban J connectivity index is 1.98. The van der Waals surface area contributed by atoms with E-state index in [9.17, 15) is 23.3 Å². The number of anilines is 1. The molecule has 2 aromatic rings. The quantitative estimate of drug-likeness (QED) is 0.272. The van der Waals surface area contributed by atoms with Gasteiger partial charge in [0.05, 0.1) is 9.82 Å². The predicted octanol–water partition coefficient (Wildman–Crippen LogP) is 1.38. The zero-order valence-corrected chi connectivity index (χ0v) is 15.1. The molecule has 0 radical (unpaired) electrons. The molecule has 2 rings (SSSR count). The Labute approximate surface area is 160 Å². The van der Waals surface area contributed by atoms with Gasteiger partial charge in [-0.3, -0.25) is 14.9 Å². The van der Waals surface area contributed by atoms with E-state index in [0.717, 1.165) is 0 Å². The van der Waals surface area contributed by atoms with Gasteiger partial charge in [-0.1, -0.05) is 12.1 Å². The minimum atomic E-state index is -3.77. The second kappa shape index (κ2) is 8.76. The van der Waals surface area contributed by atoms with Crippen molar-refractivity contribution >= 4 is 27.3 Å². The molecule has 144 valence electrons. The van der Waals surface area contributed by atoms with Crippen LogP contribution in [0, 0.1) is 21.4 Å². The molecule has 0 aromatic heterocycles. The number of nitro benzene ring substituents is 1. The first-order chi connectivity index (χ1) is 13.2. The number of nitrogens with one attached hydrogen (secondary N) is 2. The fourth-order valence-corrected chi connectivity index (χ4v) is 2.60. The molecular formula is C17H15N5O5S. The van der Waals surface area contributed by atoms with Crippen LogP contribution in [0.5, 0.6) is 0 Å². The third-order valence-electron chi connectivity index (χ3n) is 3.51. The number of carbonyl (C=O) groups excluding carboxylic acids is 1. The van der Waals surface area contributed by atoms with Crippen molar-refractivity contribution in [3.05, 3.63) is 76.0 Å². The molecule has 0 saturated heterocycles. The summed E-state index contributed by atoms with van der Waals surface area (Å²) >= 11 is 0. The Morgan fingerprint density at radius 2 is 1.79 bits per heavy atom. The predicted molar refractivity (Wildman–Crippen MR) is 100 cm³/mol. The topological polar surface area (TPSA) is 168 Å². The number of nitrogens with two attached hydrogens (primary N) is 1. The van der Waals surface area contributed by atoms with E-state index in [0.29, 0.717) is 11.3 Å². The SMILES string of the molecule is N#C/C(=C/NCc1ccc(S(N)(=O)=O)cc1)C(=O)Nc1ccc([N+](=O)[O-])cc1. The van der Waals surface area contributed by atoms with E-state index in [1.165, 1.54) is 42.6 Å². The number of nitro groups is 1. The van der Waals surface area contributed by atoms with Crippen LogP contribution in [0.3, 0.4) is 0 Å². The van der Waals surface area contributed by atoms with Gasteiger partial charge in [-0.25, -0.2) is 13.6 Å². The molecule has 0 aliphatic heterocycles. The number of hydrogen-bond acceptors (Lipinski definition) is 7. The summed E-state index contributed by atoms with van der Waals surface area (Å²) < 4.78 is 22.4. The maximum absolute atomic E-state index is 12.1. The summed E-state index contributed by atoms with van der Waals surface area (Å²) in [5, 5.41) is 30.0. The van der Waals surface area contributed by atoms with Crippen molar-refractivity contribution in [3.8, 4) is 6.07 Å². The van der Waals surface area contributed by atoms with Crippen LogP contribution in [0.25, 0.3) is 0 Å². The minimum Gasteiger partial charge on any atom is -0.386 e. The highest BCUT2D eigenvalue weighted by molar-refractivity contribution is 7.89. The average Bonchev–Trinajstić information content (AvgIpc) is 2.65. The maximum Gasteiger partial charge on any atom is 0.269 e. The van der Waals surface area contributed by atoms with E-state index in [1.54, 1.807) is 18.2 Å². The number of non-ortho nitro benzene ring substituents is 1. The van der Waals surface area contributed by atoms with Gasteiger partial charge in [0.25, 0.3) is 11.6 Å². The van der Waals surface area contributed by atoms with Crippen LogP contribution in [0.15, 0.2) is 65.2 Å². The van der Waals surface area contributed by atoms with Gasteiger partial charge in [-0.05, 0) is 29.8 Å². The fraction of sp³-hybridized carbons (Fsp3) is 0.0588. The summed E-state index contributed by atoms with van der Waals surface area (Å²) in [4.78, 5) is 22.1. The van der Waals surface area contributed by atoms with Crippen molar-refractivity contribution < 1.29 is 18.1 Å². The molecule has 0 spiro atoms. The lowest BCUT2D eigenvalue weighted by molar-refractivity contribution is -0.384. The van der Waals surface area contributed by atoms with Crippen molar-refractivity contribution in [3.63, 3.8) is 0 Å².